The lowest BCUT2D eigenvalue weighted by Crippen LogP contribution is -2.37. The van der Waals surface area contributed by atoms with E-state index in [0.717, 1.165) is 0 Å². The number of ether oxygens (including phenoxy) is 1. The van der Waals surface area contributed by atoms with Crippen molar-refractivity contribution in [1.29, 1.82) is 0 Å². The summed E-state index contributed by atoms with van der Waals surface area (Å²) >= 11 is 0. The van der Waals surface area contributed by atoms with Crippen molar-refractivity contribution >= 4 is 11.7 Å². The standard InChI is InChI=1S/C11H19N5O3/c1-15-9(3-5-13-15)11(17)16(7-8-19-2)6-4-10(12)14-18/h3,5,18H,4,6-8H2,1-2H3,(H2,12,14). The summed E-state index contributed by atoms with van der Waals surface area (Å²) in [7, 11) is 3.27. The predicted octanol–water partition coefficient (Wildman–Crippen LogP) is -0.355. The molecule has 0 aliphatic carbocycles. The van der Waals surface area contributed by atoms with Crippen LogP contribution in [0.2, 0.25) is 0 Å². The Kier molecular flexibility index (Phi) is 5.80. The van der Waals surface area contributed by atoms with Gasteiger partial charge in [-0.1, -0.05) is 5.16 Å². The average Bonchev–Trinajstić information content (AvgIpc) is 2.84. The van der Waals surface area contributed by atoms with Gasteiger partial charge in [0.15, 0.2) is 0 Å². The Labute approximate surface area is 111 Å². The van der Waals surface area contributed by atoms with Gasteiger partial charge in [-0.25, -0.2) is 0 Å². The van der Waals surface area contributed by atoms with E-state index in [1.54, 1.807) is 31.3 Å². The van der Waals surface area contributed by atoms with Gasteiger partial charge in [0.1, 0.15) is 11.5 Å². The Balaban J connectivity index is 2.73. The highest BCUT2D eigenvalue weighted by atomic mass is 16.5. The van der Waals surface area contributed by atoms with Gasteiger partial charge in [-0.15, -0.1) is 0 Å². The maximum Gasteiger partial charge on any atom is 0.272 e. The quantitative estimate of drug-likeness (QED) is 0.304. The van der Waals surface area contributed by atoms with Crippen molar-refractivity contribution in [2.45, 2.75) is 6.42 Å². The maximum atomic E-state index is 12.3. The molecule has 0 unspecified atom stereocenters. The van der Waals surface area contributed by atoms with Crippen molar-refractivity contribution in [3.8, 4) is 0 Å². The maximum absolute atomic E-state index is 12.3. The largest absolute Gasteiger partial charge is 0.409 e. The number of carbonyl (C=O) groups is 1. The SMILES string of the molecule is COCCN(CCC(N)=NO)C(=O)c1ccnn1C. The third-order valence-electron chi connectivity index (χ3n) is 2.66. The number of nitrogens with two attached hydrogens (primary N) is 1. The summed E-state index contributed by atoms with van der Waals surface area (Å²) < 4.78 is 6.48. The lowest BCUT2D eigenvalue weighted by atomic mass is 10.3. The van der Waals surface area contributed by atoms with E-state index in [0.29, 0.717) is 31.8 Å². The molecule has 0 atom stereocenters. The van der Waals surface area contributed by atoms with Crippen molar-refractivity contribution in [3.63, 3.8) is 0 Å². The second kappa shape index (κ2) is 7.37. The molecule has 0 saturated carbocycles. The van der Waals surface area contributed by atoms with Gasteiger partial charge in [-0.2, -0.15) is 5.10 Å². The Morgan fingerprint density at radius 3 is 2.89 bits per heavy atom. The fourth-order valence-electron chi connectivity index (χ4n) is 1.56. The fourth-order valence-corrected chi connectivity index (χ4v) is 1.56. The van der Waals surface area contributed by atoms with Crippen LogP contribution in [0, 0.1) is 0 Å². The van der Waals surface area contributed by atoms with Crippen molar-refractivity contribution in [1.82, 2.24) is 14.7 Å². The van der Waals surface area contributed by atoms with Crippen LogP contribution in [-0.2, 0) is 11.8 Å². The van der Waals surface area contributed by atoms with Crippen LogP contribution in [0.25, 0.3) is 0 Å². The molecule has 0 radical (unpaired) electrons. The lowest BCUT2D eigenvalue weighted by molar-refractivity contribution is 0.0690. The number of rotatable bonds is 7. The van der Waals surface area contributed by atoms with Crippen molar-refractivity contribution < 1.29 is 14.7 Å². The minimum absolute atomic E-state index is 0.0835. The Bertz CT molecular complexity index is 443. The second-order valence-corrected chi connectivity index (χ2v) is 3.97. The summed E-state index contributed by atoms with van der Waals surface area (Å²) in [5.41, 5.74) is 5.89. The molecule has 1 aromatic heterocycles. The minimum Gasteiger partial charge on any atom is -0.409 e. The molecule has 1 aromatic rings. The number of hydrogen-bond acceptors (Lipinski definition) is 5. The number of nitrogens with zero attached hydrogens (tertiary/aromatic N) is 4. The first kappa shape index (κ1) is 15.0. The third kappa shape index (κ3) is 4.25. The molecule has 8 nitrogen and oxygen atoms in total. The molecule has 0 bridgehead atoms. The summed E-state index contributed by atoms with van der Waals surface area (Å²) in [6.07, 6.45) is 1.86. The van der Waals surface area contributed by atoms with Crippen LogP contribution in [0.5, 0.6) is 0 Å². The van der Waals surface area contributed by atoms with E-state index in [4.69, 9.17) is 15.7 Å². The number of amidine groups is 1. The average molecular weight is 269 g/mol. The molecule has 0 saturated heterocycles. The summed E-state index contributed by atoms with van der Waals surface area (Å²) in [5.74, 6) is -0.0805. The highest BCUT2D eigenvalue weighted by Crippen LogP contribution is 2.04. The minimum atomic E-state index is -0.164. The van der Waals surface area contributed by atoms with Gasteiger partial charge in [-0.3, -0.25) is 9.48 Å². The molecule has 0 aliphatic rings. The molecule has 0 spiro atoms. The smallest absolute Gasteiger partial charge is 0.272 e. The Morgan fingerprint density at radius 1 is 1.63 bits per heavy atom. The molecule has 3 N–H and O–H groups in total. The van der Waals surface area contributed by atoms with Crippen LogP contribution in [0.3, 0.4) is 0 Å². The molecule has 0 aromatic carbocycles. The summed E-state index contributed by atoms with van der Waals surface area (Å²) in [6, 6.07) is 1.64. The second-order valence-electron chi connectivity index (χ2n) is 3.97. The van der Waals surface area contributed by atoms with Gasteiger partial charge < -0.3 is 20.6 Å². The molecule has 8 heteroatoms. The molecule has 1 rings (SSSR count). The monoisotopic (exact) mass is 269 g/mol. The lowest BCUT2D eigenvalue weighted by Gasteiger charge is -2.22. The van der Waals surface area contributed by atoms with Crippen LogP contribution < -0.4 is 5.73 Å². The molecule has 0 fully saturated rings. The highest BCUT2D eigenvalue weighted by molar-refractivity contribution is 5.92. The molecule has 106 valence electrons. The summed E-state index contributed by atoms with van der Waals surface area (Å²) in [5, 5.41) is 15.4. The van der Waals surface area contributed by atoms with E-state index >= 15 is 0 Å². The molecule has 1 heterocycles. The molecule has 0 aliphatic heterocycles. The van der Waals surface area contributed by atoms with E-state index in [2.05, 4.69) is 10.3 Å². The van der Waals surface area contributed by atoms with Crippen LogP contribution in [0.15, 0.2) is 17.4 Å². The van der Waals surface area contributed by atoms with Gasteiger partial charge in [0, 0.05) is 39.9 Å². The van der Waals surface area contributed by atoms with Gasteiger partial charge in [0.2, 0.25) is 0 Å². The first-order valence-electron chi connectivity index (χ1n) is 5.82. The van der Waals surface area contributed by atoms with E-state index < -0.39 is 0 Å². The summed E-state index contributed by atoms with van der Waals surface area (Å²) in [4.78, 5) is 13.9. The zero-order valence-corrected chi connectivity index (χ0v) is 11.1. The van der Waals surface area contributed by atoms with Crippen molar-refractivity contribution in [2.75, 3.05) is 26.8 Å². The van der Waals surface area contributed by atoms with Crippen LogP contribution in [0.4, 0.5) is 0 Å². The first-order valence-corrected chi connectivity index (χ1v) is 5.82. The molecule has 1 amide bonds. The predicted molar refractivity (Wildman–Crippen MR) is 69.0 cm³/mol. The van der Waals surface area contributed by atoms with Crippen LogP contribution in [0.1, 0.15) is 16.9 Å². The van der Waals surface area contributed by atoms with Gasteiger partial charge >= 0.3 is 0 Å². The number of hydrogen-bond donors (Lipinski definition) is 2. The first-order chi connectivity index (χ1) is 9.10. The topological polar surface area (TPSA) is 106 Å². The molecule has 19 heavy (non-hydrogen) atoms. The van der Waals surface area contributed by atoms with Gasteiger partial charge in [0.25, 0.3) is 5.91 Å². The highest BCUT2D eigenvalue weighted by Gasteiger charge is 2.18. The van der Waals surface area contributed by atoms with Gasteiger partial charge in [0.05, 0.1) is 6.61 Å². The van der Waals surface area contributed by atoms with E-state index in [-0.39, 0.29) is 11.7 Å². The van der Waals surface area contributed by atoms with Gasteiger partial charge in [-0.05, 0) is 6.07 Å². The number of oxime groups is 1. The van der Waals surface area contributed by atoms with E-state index in [9.17, 15) is 4.79 Å². The molecular weight excluding hydrogens is 250 g/mol. The zero-order chi connectivity index (χ0) is 14.3. The van der Waals surface area contributed by atoms with Crippen molar-refractivity contribution in [3.05, 3.63) is 18.0 Å². The third-order valence-corrected chi connectivity index (χ3v) is 2.66. The number of aromatic nitrogens is 2. The Morgan fingerprint density at radius 2 is 2.37 bits per heavy atom. The van der Waals surface area contributed by atoms with Crippen LogP contribution >= 0.6 is 0 Å². The number of aryl methyl sites for hydroxylation is 1. The van der Waals surface area contributed by atoms with E-state index in [1.165, 1.54) is 4.68 Å². The molecular formula is C11H19N5O3. The van der Waals surface area contributed by atoms with Crippen molar-refractivity contribution in [2.24, 2.45) is 17.9 Å². The number of amides is 1. The normalized spacial score (nSPS) is 11.6. The fraction of sp³-hybridized carbons (Fsp3) is 0.545. The summed E-state index contributed by atoms with van der Waals surface area (Å²) in [6.45, 7) is 1.20. The Hall–Kier alpha value is -2.09. The van der Waals surface area contributed by atoms with E-state index in [1.807, 2.05) is 0 Å². The number of methoxy groups -OCH3 is 1. The van der Waals surface area contributed by atoms with Crippen LogP contribution in [-0.4, -0.2) is 58.4 Å². The zero-order valence-electron chi connectivity index (χ0n) is 11.1. The number of carbonyl (C=O) groups excluding carboxylic acids is 1.